The number of pyridine rings is 1. The van der Waals surface area contributed by atoms with Crippen molar-refractivity contribution < 1.29 is 9.59 Å². The van der Waals surface area contributed by atoms with Crippen molar-refractivity contribution in [1.29, 1.82) is 0 Å². The maximum atomic E-state index is 13.4. The lowest BCUT2D eigenvalue weighted by atomic mass is 9.94. The first-order valence-electron chi connectivity index (χ1n) is 10.7. The van der Waals surface area contributed by atoms with Gasteiger partial charge in [-0.25, -0.2) is 0 Å². The number of fused-ring (bicyclic) bond motifs is 1. The van der Waals surface area contributed by atoms with Gasteiger partial charge < -0.3 is 10.2 Å². The van der Waals surface area contributed by atoms with Gasteiger partial charge in [0.15, 0.2) is 0 Å². The number of nitrogens with zero attached hydrogens (tertiary/aromatic N) is 3. The van der Waals surface area contributed by atoms with E-state index in [-0.39, 0.29) is 11.8 Å². The van der Waals surface area contributed by atoms with Crippen molar-refractivity contribution in [2.24, 2.45) is 0 Å². The highest BCUT2D eigenvalue weighted by Gasteiger charge is 2.28. The fourth-order valence-electron chi connectivity index (χ4n) is 4.70. The predicted molar refractivity (Wildman–Crippen MR) is 115 cm³/mol. The zero-order chi connectivity index (χ0) is 20.4. The molecule has 2 aromatic rings. The largest absolute Gasteiger partial charge is 0.336 e. The molecule has 1 N–H and O–H groups in total. The van der Waals surface area contributed by atoms with Gasteiger partial charge >= 0.3 is 0 Å². The van der Waals surface area contributed by atoms with Crippen LogP contribution in [0.5, 0.6) is 0 Å². The molecule has 1 saturated carbocycles. The molecule has 1 aromatic heterocycles. The molecule has 29 heavy (non-hydrogen) atoms. The smallest absolute Gasteiger partial charge is 0.254 e. The lowest BCUT2D eigenvalue weighted by molar-refractivity contribution is -0.114. The van der Waals surface area contributed by atoms with Crippen LogP contribution in [0.4, 0.5) is 5.69 Å². The van der Waals surface area contributed by atoms with E-state index in [2.05, 4.69) is 15.2 Å². The summed E-state index contributed by atoms with van der Waals surface area (Å²) in [6.07, 6.45) is 6.61. The van der Waals surface area contributed by atoms with Crippen LogP contribution in [-0.4, -0.2) is 58.8 Å². The van der Waals surface area contributed by atoms with Crippen LogP contribution in [0.1, 0.15) is 55.1 Å². The van der Waals surface area contributed by atoms with Crippen LogP contribution in [-0.2, 0) is 4.79 Å². The number of aromatic nitrogens is 1. The second kappa shape index (κ2) is 8.49. The molecule has 0 unspecified atom stereocenters. The summed E-state index contributed by atoms with van der Waals surface area (Å²) >= 11 is 0. The van der Waals surface area contributed by atoms with E-state index in [4.69, 9.17) is 0 Å². The number of amides is 2. The van der Waals surface area contributed by atoms with Crippen LogP contribution in [0.25, 0.3) is 10.9 Å². The molecule has 0 radical (unpaired) electrons. The van der Waals surface area contributed by atoms with E-state index in [1.165, 1.54) is 39.0 Å². The van der Waals surface area contributed by atoms with Gasteiger partial charge in [-0.2, -0.15) is 0 Å². The fourth-order valence-corrected chi connectivity index (χ4v) is 4.70. The van der Waals surface area contributed by atoms with Gasteiger partial charge in [0.2, 0.25) is 5.91 Å². The first-order chi connectivity index (χ1) is 14.0. The van der Waals surface area contributed by atoms with Gasteiger partial charge in [-0.3, -0.25) is 19.5 Å². The summed E-state index contributed by atoms with van der Waals surface area (Å²) in [5.41, 5.74) is 2.86. The maximum absolute atomic E-state index is 13.4. The van der Waals surface area contributed by atoms with E-state index in [0.29, 0.717) is 17.3 Å². The maximum Gasteiger partial charge on any atom is 0.254 e. The summed E-state index contributed by atoms with van der Waals surface area (Å²) in [5.74, 6) is -0.132. The van der Waals surface area contributed by atoms with E-state index in [9.17, 15) is 9.59 Å². The Morgan fingerprint density at radius 3 is 2.45 bits per heavy atom. The Morgan fingerprint density at radius 2 is 1.76 bits per heavy atom. The lowest BCUT2D eigenvalue weighted by Crippen LogP contribution is -2.52. The normalized spacial score (nSPS) is 18.8. The van der Waals surface area contributed by atoms with Crippen LogP contribution in [0.15, 0.2) is 24.3 Å². The molecular weight excluding hydrogens is 364 g/mol. The van der Waals surface area contributed by atoms with Crippen molar-refractivity contribution in [1.82, 2.24) is 14.8 Å². The Kier molecular flexibility index (Phi) is 5.81. The minimum atomic E-state index is -0.156. The summed E-state index contributed by atoms with van der Waals surface area (Å²) in [6.45, 7) is 6.78. The van der Waals surface area contributed by atoms with Gasteiger partial charge in [0, 0.05) is 55.9 Å². The second-order valence-corrected chi connectivity index (χ2v) is 8.34. The van der Waals surface area contributed by atoms with Crippen molar-refractivity contribution in [3.8, 4) is 0 Å². The summed E-state index contributed by atoms with van der Waals surface area (Å²) in [7, 11) is 0. The van der Waals surface area contributed by atoms with Crippen LogP contribution in [0.2, 0.25) is 0 Å². The van der Waals surface area contributed by atoms with Crippen molar-refractivity contribution >= 4 is 28.4 Å². The first kappa shape index (κ1) is 19.8. The molecule has 0 bridgehead atoms. The topological polar surface area (TPSA) is 65.5 Å². The average molecular weight is 395 g/mol. The molecule has 4 rings (SSSR count). The molecule has 0 spiro atoms. The summed E-state index contributed by atoms with van der Waals surface area (Å²) in [4.78, 5) is 34.0. The van der Waals surface area contributed by atoms with Gasteiger partial charge in [-0.05, 0) is 38.0 Å². The Balaban J connectivity index is 1.55. The number of hydrogen-bond acceptors (Lipinski definition) is 4. The lowest BCUT2D eigenvalue weighted by Gasteiger charge is -2.40. The molecule has 2 aliphatic rings. The third kappa shape index (κ3) is 4.42. The molecule has 2 amide bonds. The van der Waals surface area contributed by atoms with E-state index in [0.717, 1.165) is 42.8 Å². The highest BCUT2D eigenvalue weighted by Crippen LogP contribution is 2.27. The number of piperazine rings is 1. The van der Waals surface area contributed by atoms with Gasteiger partial charge in [0.1, 0.15) is 0 Å². The Bertz CT molecular complexity index is 912. The number of carbonyl (C=O) groups excluding carboxylic acids is 2. The fraction of sp³-hybridized carbons (Fsp3) is 0.522. The van der Waals surface area contributed by atoms with Gasteiger partial charge in [0.25, 0.3) is 5.91 Å². The van der Waals surface area contributed by atoms with Crippen molar-refractivity contribution in [2.75, 3.05) is 31.5 Å². The summed E-state index contributed by atoms with van der Waals surface area (Å²) in [6, 6.07) is 8.20. The molecule has 0 atom stereocenters. The number of hydrogen-bond donors (Lipinski definition) is 1. The van der Waals surface area contributed by atoms with Crippen LogP contribution in [0, 0.1) is 6.92 Å². The monoisotopic (exact) mass is 394 g/mol. The van der Waals surface area contributed by atoms with Crippen LogP contribution >= 0.6 is 0 Å². The molecular formula is C23H30N4O2. The molecule has 6 nitrogen and oxygen atoms in total. The predicted octanol–water partition coefficient (Wildman–Crippen LogP) is 3.59. The van der Waals surface area contributed by atoms with Crippen molar-refractivity contribution in [3.63, 3.8) is 0 Å². The number of aryl methyl sites for hydroxylation is 1. The zero-order valence-corrected chi connectivity index (χ0v) is 17.4. The minimum absolute atomic E-state index is 0.0242. The Morgan fingerprint density at radius 1 is 1.03 bits per heavy atom. The minimum Gasteiger partial charge on any atom is -0.336 e. The molecule has 1 saturated heterocycles. The Labute approximate surface area is 172 Å². The molecule has 2 heterocycles. The molecule has 154 valence electrons. The third-order valence-corrected chi connectivity index (χ3v) is 6.19. The average Bonchev–Trinajstić information content (AvgIpc) is 2.72. The van der Waals surface area contributed by atoms with Gasteiger partial charge in [0.05, 0.1) is 11.1 Å². The second-order valence-electron chi connectivity index (χ2n) is 8.34. The highest BCUT2D eigenvalue weighted by molar-refractivity contribution is 6.08. The highest BCUT2D eigenvalue weighted by atomic mass is 16.2. The summed E-state index contributed by atoms with van der Waals surface area (Å²) in [5, 5.41) is 3.64. The zero-order valence-electron chi connectivity index (χ0n) is 17.4. The van der Waals surface area contributed by atoms with Crippen molar-refractivity contribution in [2.45, 2.75) is 52.0 Å². The molecule has 6 heteroatoms. The van der Waals surface area contributed by atoms with Crippen LogP contribution in [0.3, 0.4) is 0 Å². The van der Waals surface area contributed by atoms with E-state index < -0.39 is 0 Å². The van der Waals surface area contributed by atoms with E-state index in [1.807, 2.05) is 30.0 Å². The molecule has 1 aliphatic carbocycles. The number of rotatable bonds is 3. The summed E-state index contributed by atoms with van der Waals surface area (Å²) < 4.78 is 0. The molecule has 2 fully saturated rings. The van der Waals surface area contributed by atoms with Crippen molar-refractivity contribution in [3.05, 3.63) is 35.5 Å². The number of nitrogens with one attached hydrogen (secondary N) is 1. The number of benzene rings is 1. The standard InChI is InChI=1S/C23H30N4O2/c1-16-8-9-20-21(14-18(25-17(2)28)15-22(20)24-16)23(29)27-12-10-26(11-13-27)19-6-4-3-5-7-19/h8-9,14-15,19H,3-7,10-13H2,1-2H3,(H,25,28). The molecule has 1 aliphatic heterocycles. The molecule has 1 aromatic carbocycles. The quantitative estimate of drug-likeness (QED) is 0.864. The number of carbonyl (C=O) groups is 2. The SMILES string of the molecule is CC(=O)Nc1cc(C(=O)N2CCN(C3CCCCC3)CC2)c2ccc(C)nc2c1. The van der Waals surface area contributed by atoms with Gasteiger partial charge in [-0.1, -0.05) is 25.3 Å². The van der Waals surface area contributed by atoms with E-state index in [1.54, 1.807) is 6.07 Å². The Hall–Kier alpha value is -2.47. The van der Waals surface area contributed by atoms with E-state index >= 15 is 0 Å². The number of anilines is 1. The third-order valence-electron chi connectivity index (χ3n) is 6.19. The van der Waals surface area contributed by atoms with Gasteiger partial charge in [-0.15, -0.1) is 0 Å². The first-order valence-corrected chi connectivity index (χ1v) is 10.7. The van der Waals surface area contributed by atoms with Crippen LogP contribution < -0.4 is 5.32 Å².